The highest BCUT2D eigenvalue weighted by atomic mass is 79.9. The van der Waals surface area contributed by atoms with E-state index in [4.69, 9.17) is 5.73 Å². The zero-order valence-corrected chi connectivity index (χ0v) is 12.8. The predicted molar refractivity (Wildman–Crippen MR) is 77.3 cm³/mol. The Labute approximate surface area is 119 Å². The van der Waals surface area contributed by atoms with Crippen LogP contribution < -0.4 is 10.5 Å². The topological polar surface area (TPSA) is 90.0 Å². The number of nitrogens with one attached hydrogen (secondary N) is 1. The molecular weight excluding hydrogens is 332 g/mol. The van der Waals surface area contributed by atoms with Crippen molar-refractivity contribution < 1.29 is 8.42 Å². The van der Waals surface area contributed by atoms with E-state index in [0.29, 0.717) is 10.2 Å². The van der Waals surface area contributed by atoms with E-state index in [1.807, 2.05) is 13.0 Å². The van der Waals surface area contributed by atoms with Crippen LogP contribution in [0.3, 0.4) is 0 Å². The Hall–Kier alpha value is -1.54. The fourth-order valence-electron chi connectivity index (χ4n) is 1.62. The number of benzene rings is 1. The van der Waals surface area contributed by atoms with Crippen molar-refractivity contribution in [3.63, 3.8) is 0 Å². The van der Waals surface area contributed by atoms with Gasteiger partial charge in [0.1, 0.15) is 4.90 Å². The molecule has 2 rings (SSSR count). The number of sulfonamides is 1. The number of halogens is 1. The van der Waals surface area contributed by atoms with Crippen molar-refractivity contribution in [2.45, 2.75) is 11.8 Å². The minimum atomic E-state index is -3.75. The van der Waals surface area contributed by atoms with Gasteiger partial charge in [-0.15, -0.1) is 0 Å². The lowest BCUT2D eigenvalue weighted by atomic mass is 10.2. The molecule has 0 aliphatic carbocycles. The molecule has 0 aliphatic heterocycles. The van der Waals surface area contributed by atoms with Gasteiger partial charge >= 0.3 is 0 Å². The van der Waals surface area contributed by atoms with Gasteiger partial charge in [0.15, 0.2) is 5.82 Å². The number of nitrogens with two attached hydrogens (primary N) is 1. The number of hydrogen-bond acceptors (Lipinski definition) is 4. The van der Waals surface area contributed by atoms with Crippen LogP contribution in [-0.2, 0) is 17.1 Å². The van der Waals surface area contributed by atoms with Crippen molar-refractivity contribution in [1.82, 2.24) is 9.78 Å². The lowest BCUT2D eigenvalue weighted by molar-refractivity contribution is 0.601. The fourth-order valence-corrected chi connectivity index (χ4v) is 3.29. The molecule has 1 heterocycles. The molecule has 0 atom stereocenters. The van der Waals surface area contributed by atoms with Crippen LogP contribution in [0.1, 0.15) is 5.56 Å². The van der Waals surface area contributed by atoms with Crippen molar-refractivity contribution in [3.8, 4) is 0 Å². The molecule has 0 saturated carbocycles. The van der Waals surface area contributed by atoms with Gasteiger partial charge in [-0.25, -0.2) is 8.42 Å². The maximum Gasteiger partial charge on any atom is 0.267 e. The standard InChI is InChI=1S/C11H13BrN4O2S/c1-7-4-3-5-8(10(7)12)15-19(17,18)9-6-16(2)14-11(9)13/h3-6,15H,1-2H3,(H2,13,14). The maximum atomic E-state index is 12.2. The monoisotopic (exact) mass is 344 g/mol. The van der Waals surface area contributed by atoms with Gasteiger partial charge in [0.25, 0.3) is 10.0 Å². The van der Waals surface area contributed by atoms with Gasteiger partial charge in [0.2, 0.25) is 0 Å². The third-order valence-corrected chi connectivity index (χ3v) is 4.98. The van der Waals surface area contributed by atoms with Crippen LogP contribution in [0.25, 0.3) is 0 Å². The van der Waals surface area contributed by atoms with Crippen molar-refractivity contribution in [3.05, 3.63) is 34.4 Å². The zero-order valence-electron chi connectivity index (χ0n) is 10.4. The molecule has 0 fully saturated rings. The second-order valence-electron chi connectivity index (χ2n) is 4.09. The molecule has 0 radical (unpaired) electrons. The molecule has 0 spiro atoms. The summed E-state index contributed by atoms with van der Waals surface area (Å²) in [5, 5.41) is 3.82. The molecule has 0 aliphatic rings. The van der Waals surface area contributed by atoms with Crippen LogP contribution in [-0.4, -0.2) is 18.2 Å². The van der Waals surface area contributed by atoms with E-state index in [1.54, 1.807) is 19.2 Å². The van der Waals surface area contributed by atoms with Gasteiger partial charge < -0.3 is 5.73 Å². The highest BCUT2D eigenvalue weighted by molar-refractivity contribution is 9.10. The molecule has 2 aromatic rings. The van der Waals surface area contributed by atoms with Crippen LogP contribution in [0.2, 0.25) is 0 Å². The van der Waals surface area contributed by atoms with Gasteiger partial charge in [0, 0.05) is 17.7 Å². The summed E-state index contributed by atoms with van der Waals surface area (Å²) in [5.41, 5.74) is 6.98. The lowest BCUT2D eigenvalue weighted by Gasteiger charge is -2.10. The first kappa shape index (κ1) is 13.9. The van der Waals surface area contributed by atoms with Crippen LogP contribution in [0.5, 0.6) is 0 Å². The Bertz CT molecular complexity index is 724. The number of anilines is 2. The molecule has 0 amide bonds. The number of aryl methyl sites for hydroxylation is 2. The SMILES string of the molecule is Cc1cccc(NS(=O)(=O)c2cn(C)nc2N)c1Br. The first-order chi connectivity index (χ1) is 8.81. The second kappa shape index (κ2) is 4.86. The summed E-state index contributed by atoms with van der Waals surface area (Å²) in [6, 6.07) is 5.31. The van der Waals surface area contributed by atoms with Crippen molar-refractivity contribution in [2.75, 3.05) is 10.5 Å². The Morgan fingerprint density at radius 1 is 1.42 bits per heavy atom. The third-order valence-electron chi connectivity index (χ3n) is 2.55. The first-order valence-electron chi connectivity index (χ1n) is 5.38. The molecule has 1 aromatic carbocycles. The summed E-state index contributed by atoms with van der Waals surface area (Å²) in [6.45, 7) is 1.88. The van der Waals surface area contributed by atoms with Crippen LogP contribution >= 0.6 is 15.9 Å². The third kappa shape index (κ3) is 2.74. The van der Waals surface area contributed by atoms with Gasteiger partial charge in [-0.3, -0.25) is 9.40 Å². The smallest absolute Gasteiger partial charge is 0.267 e. The molecule has 3 N–H and O–H groups in total. The van der Waals surface area contributed by atoms with Crippen LogP contribution in [0.4, 0.5) is 11.5 Å². The quantitative estimate of drug-likeness (QED) is 0.889. The van der Waals surface area contributed by atoms with E-state index in [2.05, 4.69) is 25.8 Å². The molecule has 0 saturated heterocycles. The average molecular weight is 345 g/mol. The first-order valence-corrected chi connectivity index (χ1v) is 7.66. The Balaban J connectivity index is 2.42. The number of nitrogens with zero attached hydrogens (tertiary/aromatic N) is 2. The molecule has 6 nitrogen and oxygen atoms in total. The Morgan fingerprint density at radius 2 is 2.11 bits per heavy atom. The largest absolute Gasteiger partial charge is 0.381 e. The molecular formula is C11H13BrN4O2S. The Morgan fingerprint density at radius 3 is 2.68 bits per heavy atom. The van der Waals surface area contributed by atoms with Crippen molar-refractivity contribution in [2.24, 2.45) is 7.05 Å². The Kier molecular flexibility index (Phi) is 3.55. The summed E-state index contributed by atoms with van der Waals surface area (Å²) in [5.74, 6) is -0.0289. The van der Waals surface area contributed by atoms with Gasteiger partial charge in [0.05, 0.1) is 5.69 Å². The van der Waals surface area contributed by atoms with Crippen molar-refractivity contribution >= 4 is 37.5 Å². The van der Waals surface area contributed by atoms with E-state index in [-0.39, 0.29) is 10.7 Å². The number of hydrogen-bond donors (Lipinski definition) is 2. The van der Waals surface area contributed by atoms with E-state index in [1.165, 1.54) is 10.9 Å². The maximum absolute atomic E-state index is 12.2. The number of nitrogen functional groups attached to an aromatic ring is 1. The normalized spacial score (nSPS) is 11.5. The average Bonchev–Trinajstić information content (AvgIpc) is 2.65. The summed E-state index contributed by atoms with van der Waals surface area (Å²) < 4.78 is 29.0. The number of rotatable bonds is 3. The van der Waals surface area contributed by atoms with Crippen LogP contribution in [0, 0.1) is 6.92 Å². The second-order valence-corrected chi connectivity index (χ2v) is 6.54. The molecule has 1 aromatic heterocycles. The minimum absolute atomic E-state index is 0.0289. The minimum Gasteiger partial charge on any atom is -0.381 e. The molecule has 19 heavy (non-hydrogen) atoms. The lowest BCUT2D eigenvalue weighted by Crippen LogP contribution is -2.14. The highest BCUT2D eigenvalue weighted by Crippen LogP contribution is 2.28. The fraction of sp³-hybridized carbons (Fsp3) is 0.182. The summed E-state index contributed by atoms with van der Waals surface area (Å²) in [7, 11) is -2.14. The van der Waals surface area contributed by atoms with E-state index in [9.17, 15) is 8.42 Å². The van der Waals surface area contributed by atoms with E-state index in [0.717, 1.165) is 5.56 Å². The zero-order chi connectivity index (χ0) is 14.2. The highest BCUT2D eigenvalue weighted by Gasteiger charge is 2.21. The van der Waals surface area contributed by atoms with Crippen LogP contribution in [0.15, 0.2) is 33.8 Å². The van der Waals surface area contributed by atoms with E-state index < -0.39 is 10.0 Å². The van der Waals surface area contributed by atoms with Gasteiger partial charge in [-0.1, -0.05) is 12.1 Å². The summed E-state index contributed by atoms with van der Waals surface area (Å²) >= 11 is 3.35. The van der Waals surface area contributed by atoms with E-state index >= 15 is 0 Å². The van der Waals surface area contributed by atoms with Gasteiger partial charge in [-0.05, 0) is 34.5 Å². The molecule has 0 unspecified atom stereocenters. The molecule has 8 heteroatoms. The summed E-state index contributed by atoms with van der Waals surface area (Å²) in [4.78, 5) is -0.0385. The molecule has 102 valence electrons. The predicted octanol–water partition coefficient (Wildman–Crippen LogP) is 1.87. The molecule has 0 bridgehead atoms. The summed E-state index contributed by atoms with van der Waals surface area (Å²) in [6.07, 6.45) is 1.36. The number of aromatic nitrogens is 2. The van der Waals surface area contributed by atoms with Crippen molar-refractivity contribution in [1.29, 1.82) is 0 Å². The van der Waals surface area contributed by atoms with Gasteiger partial charge in [-0.2, -0.15) is 5.10 Å².